The Kier molecular flexibility index (Phi) is 6.54. The Bertz CT molecular complexity index is 1120. The Hall–Kier alpha value is -3.15. The molecule has 1 heterocycles. The number of anilines is 3. The number of aryl methyl sites for hydroxylation is 3. The van der Waals surface area contributed by atoms with Crippen LogP contribution in [0.2, 0.25) is 0 Å². The minimum absolute atomic E-state index is 0.0167. The molecule has 1 unspecified atom stereocenters. The number of amides is 2. The molecular weight excluding hydrogens is 412 g/mol. The van der Waals surface area contributed by atoms with Gasteiger partial charge in [-0.3, -0.25) is 14.6 Å². The fourth-order valence-corrected chi connectivity index (χ4v) is 4.85. The molecule has 1 atom stereocenters. The first-order valence-corrected chi connectivity index (χ1v) is 12.0. The molecule has 1 aliphatic carbocycles. The summed E-state index contributed by atoms with van der Waals surface area (Å²) < 4.78 is 0. The molecule has 1 N–H and O–H groups in total. The number of aliphatic imine (C=N–C) groups is 1. The van der Waals surface area contributed by atoms with Crippen LogP contribution < -0.4 is 15.1 Å². The zero-order valence-corrected chi connectivity index (χ0v) is 20.4. The van der Waals surface area contributed by atoms with E-state index in [4.69, 9.17) is 4.99 Å². The lowest BCUT2D eigenvalue weighted by molar-refractivity contribution is -0.122. The Morgan fingerprint density at radius 3 is 2.52 bits per heavy atom. The summed E-state index contributed by atoms with van der Waals surface area (Å²) >= 11 is 0. The minimum Gasteiger partial charge on any atom is -0.372 e. The first-order chi connectivity index (χ1) is 15.8. The lowest BCUT2D eigenvalue weighted by Gasteiger charge is -2.25. The number of nitrogens with zero attached hydrogens (tertiary/aromatic N) is 3. The normalized spacial score (nSPS) is 17.2. The van der Waals surface area contributed by atoms with Crippen LogP contribution in [-0.2, 0) is 9.59 Å². The zero-order valence-electron chi connectivity index (χ0n) is 20.4. The minimum atomic E-state index is -0.221. The zero-order chi connectivity index (χ0) is 23.7. The van der Waals surface area contributed by atoms with E-state index >= 15 is 0 Å². The number of benzene rings is 2. The van der Waals surface area contributed by atoms with Crippen molar-refractivity contribution in [3.05, 3.63) is 47.0 Å². The Labute approximate surface area is 196 Å². The largest absolute Gasteiger partial charge is 0.372 e. The molecule has 2 aromatic carbocycles. The second-order valence-corrected chi connectivity index (χ2v) is 9.12. The topological polar surface area (TPSA) is 65.0 Å². The van der Waals surface area contributed by atoms with E-state index in [0.717, 1.165) is 77.5 Å². The SMILES string of the molecule is CCN(CC)c1ccc(NC(=O)CN2C(=O)C3CCCC3=Nc3cc(C)c(C)cc32)c(C)c1. The fraction of sp³-hybridized carbons (Fsp3) is 0.444. The van der Waals surface area contributed by atoms with Gasteiger partial charge < -0.3 is 15.1 Å². The molecule has 0 bridgehead atoms. The van der Waals surface area contributed by atoms with Gasteiger partial charge >= 0.3 is 0 Å². The Morgan fingerprint density at radius 2 is 1.82 bits per heavy atom. The van der Waals surface area contributed by atoms with Crippen molar-refractivity contribution in [3.8, 4) is 0 Å². The lowest BCUT2D eigenvalue weighted by atomic mass is 10.0. The highest BCUT2D eigenvalue weighted by molar-refractivity contribution is 6.17. The molecule has 2 aromatic rings. The highest BCUT2D eigenvalue weighted by Crippen LogP contribution is 2.39. The molecule has 0 spiro atoms. The van der Waals surface area contributed by atoms with Gasteiger partial charge in [0.2, 0.25) is 11.8 Å². The number of hydrogen-bond donors (Lipinski definition) is 1. The summed E-state index contributed by atoms with van der Waals surface area (Å²) in [4.78, 5) is 35.4. The van der Waals surface area contributed by atoms with Crippen molar-refractivity contribution in [2.24, 2.45) is 10.9 Å². The smallest absolute Gasteiger partial charge is 0.244 e. The van der Waals surface area contributed by atoms with Gasteiger partial charge in [0.25, 0.3) is 0 Å². The number of carbonyl (C=O) groups is 2. The van der Waals surface area contributed by atoms with Crippen molar-refractivity contribution in [3.63, 3.8) is 0 Å². The second-order valence-electron chi connectivity index (χ2n) is 9.12. The quantitative estimate of drug-likeness (QED) is 0.653. The van der Waals surface area contributed by atoms with Crippen molar-refractivity contribution in [1.82, 2.24) is 0 Å². The number of fused-ring (bicyclic) bond motifs is 2. The van der Waals surface area contributed by atoms with Gasteiger partial charge in [-0.1, -0.05) is 0 Å². The average Bonchev–Trinajstić information content (AvgIpc) is 3.21. The molecule has 0 saturated heterocycles. The summed E-state index contributed by atoms with van der Waals surface area (Å²) in [5.74, 6) is -0.439. The highest BCUT2D eigenvalue weighted by Gasteiger charge is 2.37. The maximum absolute atomic E-state index is 13.5. The maximum Gasteiger partial charge on any atom is 0.244 e. The molecular formula is C27H34N4O2. The van der Waals surface area contributed by atoms with Gasteiger partial charge in [-0.05, 0) is 101 Å². The summed E-state index contributed by atoms with van der Waals surface area (Å²) in [6.45, 7) is 12.2. The summed E-state index contributed by atoms with van der Waals surface area (Å²) in [5.41, 5.74) is 7.61. The predicted molar refractivity (Wildman–Crippen MR) is 136 cm³/mol. The second kappa shape index (κ2) is 9.38. The van der Waals surface area contributed by atoms with E-state index < -0.39 is 0 Å². The third-order valence-corrected chi connectivity index (χ3v) is 6.95. The lowest BCUT2D eigenvalue weighted by Crippen LogP contribution is -2.42. The van der Waals surface area contributed by atoms with E-state index in [-0.39, 0.29) is 24.3 Å². The predicted octanol–water partition coefficient (Wildman–Crippen LogP) is 5.32. The van der Waals surface area contributed by atoms with Crippen LogP contribution in [0.4, 0.5) is 22.7 Å². The van der Waals surface area contributed by atoms with Crippen molar-refractivity contribution in [1.29, 1.82) is 0 Å². The summed E-state index contributed by atoms with van der Waals surface area (Å²) in [7, 11) is 0. The molecule has 1 aliphatic heterocycles. The van der Waals surface area contributed by atoms with Crippen LogP contribution in [0.25, 0.3) is 0 Å². The number of nitrogens with one attached hydrogen (secondary N) is 1. The van der Waals surface area contributed by atoms with Crippen molar-refractivity contribution in [2.45, 2.75) is 53.9 Å². The van der Waals surface area contributed by atoms with Gasteiger partial charge in [0.1, 0.15) is 6.54 Å². The van der Waals surface area contributed by atoms with Gasteiger partial charge in [0.15, 0.2) is 0 Å². The van der Waals surface area contributed by atoms with E-state index in [0.29, 0.717) is 0 Å². The molecule has 33 heavy (non-hydrogen) atoms. The van der Waals surface area contributed by atoms with Crippen LogP contribution in [-0.4, -0.2) is 37.2 Å². The number of rotatable bonds is 6. The van der Waals surface area contributed by atoms with Crippen LogP contribution in [0.15, 0.2) is 35.3 Å². The molecule has 174 valence electrons. The maximum atomic E-state index is 13.5. The third kappa shape index (κ3) is 4.52. The summed E-state index contributed by atoms with van der Waals surface area (Å²) in [6.07, 6.45) is 2.61. The molecule has 1 fully saturated rings. The number of hydrogen-bond acceptors (Lipinski definition) is 4. The summed E-state index contributed by atoms with van der Waals surface area (Å²) in [6, 6.07) is 10.1. The van der Waals surface area contributed by atoms with Crippen molar-refractivity contribution >= 4 is 40.3 Å². The standard InChI is InChI=1S/C27H34N4O2/c1-6-30(7-2)20-11-12-22(19(5)13-20)29-26(32)16-31-25-15-18(4)17(3)14-24(25)28-23-10-8-9-21(23)27(31)33/h11-15,21H,6-10,16H2,1-5H3,(H,29,32). The Balaban J connectivity index is 1.59. The average molecular weight is 447 g/mol. The fourth-order valence-electron chi connectivity index (χ4n) is 4.85. The van der Waals surface area contributed by atoms with E-state index in [2.05, 4.69) is 37.1 Å². The van der Waals surface area contributed by atoms with Gasteiger partial charge in [-0.15, -0.1) is 0 Å². The van der Waals surface area contributed by atoms with E-state index in [1.54, 1.807) is 4.90 Å². The van der Waals surface area contributed by atoms with Crippen molar-refractivity contribution in [2.75, 3.05) is 34.8 Å². The van der Waals surface area contributed by atoms with Gasteiger partial charge in [-0.25, -0.2) is 0 Å². The summed E-state index contributed by atoms with van der Waals surface area (Å²) in [5, 5.41) is 3.03. The molecule has 6 nitrogen and oxygen atoms in total. The van der Waals surface area contributed by atoms with Crippen LogP contribution in [0, 0.1) is 26.7 Å². The molecule has 0 radical (unpaired) electrons. The van der Waals surface area contributed by atoms with Crippen LogP contribution in [0.5, 0.6) is 0 Å². The number of carbonyl (C=O) groups excluding carboxylic acids is 2. The van der Waals surface area contributed by atoms with Gasteiger partial charge in [0.05, 0.1) is 17.3 Å². The molecule has 4 rings (SSSR count). The monoisotopic (exact) mass is 446 g/mol. The van der Waals surface area contributed by atoms with Crippen LogP contribution in [0.1, 0.15) is 49.8 Å². The first-order valence-electron chi connectivity index (χ1n) is 12.0. The molecule has 2 aliphatic rings. The van der Waals surface area contributed by atoms with E-state index in [9.17, 15) is 9.59 Å². The van der Waals surface area contributed by atoms with Crippen molar-refractivity contribution < 1.29 is 9.59 Å². The Morgan fingerprint density at radius 1 is 1.09 bits per heavy atom. The van der Waals surface area contributed by atoms with Gasteiger partial charge in [0, 0.05) is 30.2 Å². The molecule has 6 heteroatoms. The molecule has 2 amide bonds. The molecule has 0 aromatic heterocycles. The van der Waals surface area contributed by atoms with Crippen LogP contribution in [0.3, 0.4) is 0 Å². The van der Waals surface area contributed by atoms with Crippen LogP contribution >= 0.6 is 0 Å². The molecule has 1 saturated carbocycles. The third-order valence-electron chi connectivity index (χ3n) is 6.95. The first kappa shape index (κ1) is 23.0. The van der Waals surface area contributed by atoms with E-state index in [1.165, 1.54) is 0 Å². The van der Waals surface area contributed by atoms with E-state index in [1.807, 2.05) is 38.1 Å². The van der Waals surface area contributed by atoms with Gasteiger partial charge in [-0.2, -0.15) is 0 Å². The highest BCUT2D eigenvalue weighted by atomic mass is 16.2.